The monoisotopic (exact) mass is 408 g/mol. The number of hydrogen-bond acceptors (Lipinski definition) is 5. The quantitative estimate of drug-likeness (QED) is 0.433. The fourth-order valence-electron chi connectivity index (χ4n) is 2.76. The molecule has 2 heterocycles. The van der Waals surface area contributed by atoms with Crippen LogP contribution in [0.4, 0.5) is 8.78 Å². The van der Waals surface area contributed by atoms with E-state index >= 15 is 0 Å². The van der Waals surface area contributed by atoms with Crippen molar-refractivity contribution in [1.29, 1.82) is 0 Å². The zero-order valence-electron chi connectivity index (χ0n) is 14.9. The van der Waals surface area contributed by atoms with Crippen LogP contribution in [0.3, 0.4) is 0 Å². The second-order valence-corrected chi connectivity index (χ2v) is 7.27. The zero-order chi connectivity index (χ0) is 20.1. The van der Waals surface area contributed by atoms with E-state index < -0.39 is 30.0 Å². The van der Waals surface area contributed by atoms with Crippen molar-refractivity contribution in [2.24, 2.45) is 0 Å². The Bertz CT molecular complexity index is 894. The molecule has 1 aromatic heterocycles. The second-order valence-electron chi connectivity index (χ2n) is 6.25. The van der Waals surface area contributed by atoms with Crippen molar-refractivity contribution in [3.05, 3.63) is 53.4 Å². The number of carbonyl (C=O) groups excluding carboxylic acids is 3. The van der Waals surface area contributed by atoms with E-state index in [1.54, 1.807) is 4.90 Å². The molecular weight excluding hydrogens is 390 g/mol. The molecule has 1 aliphatic heterocycles. The Balaban J connectivity index is 1.48. The van der Waals surface area contributed by atoms with Crippen molar-refractivity contribution in [2.75, 3.05) is 25.4 Å². The Morgan fingerprint density at radius 2 is 1.89 bits per heavy atom. The van der Waals surface area contributed by atoms with E-state index in [1.165, 1.54) is 12.3 Å². The number of nitrogens with zero attached hydrogens (tertiary/aromatic N) is 1. The van der Waals surface area contributed by atoms with Crippen molar-refractivity contribution in [3.8, 4) is 0 Å². The summed E-state index contributed by atoms with van der Waals surface area (Å²) >= 11 is 0.782. The molecule has 2 aromatic rings. The van der Waals surface area contributed by atoms with Gasteiger partial charge in [-0.05, 0) is 37.1 Å². The molecule has 9 heteroatoms. The summed E-state index contributed by atoms with van der Waals surface area (Å²) in [5.41, 5.74) is 0.549. The van der Waals surface area contributed by atoms with E-state index in [4.69, 9.17) is 4.74 Å². The van der Waals surface area contributed by atoms with Gasteiger partial charge in [-0.25, -0.2) is 8.78 Å². The number of halogens is 2. The average molecular weight is 408 g/mol. The lowest BCUT2D eigenvalue weighted by atomic mass is 10.2. The van der Waals surface area contributed by atoms with Gasteiger partial charge in [-0.2, -0.15) is 0 Å². The molecule has 0 bridgehead atoms. The molecule has 1 fully saturated rings. The predicted molar refractivity (Wildman–Crippen MR) is 98.3 cm³/mol. The first-order valence-electron chi connectivity index (χ1n) is 8.68. The van der Waals surface area contributed by atoms with Gasteiger partial charge in [-0.3, -0.25) is 14.4 Å². The number of Topliss-reactive ketones (excluding diaryl/α,β-unsaturated/α-hetero) is 1. The van der Waals surface area contributed by atoms with Crippen LogP contribution in [0.15, 0.2) is 35.4 Å². The number of rotatable bonds is 7. The van der Waals surface area contributed by atoms with E-state index in [2.05, 4.69) is 4.98 Å². The van der Waals surface area contributed by atoms with Gasteiger partial charge in [-0.1, -0.05) is 0 Å². The van der Waals surface area contributed by atoms with Gasteiger partial charge in [0, 0.05) is 29.7 Å². The Kier molecular flexibility index (Phi) is 6.45. The number of ketones is 1. The summed E-state index contributed by atoms with van der Waals surface area (Å²) < 4.78 is 31.5. The van der Waals surface area contributed by atoms with Gasteiger partial charge < -0.3 is 14.6 Å². The number of esters is 1. The fraction of sp³-hybridized carbons (Fsp3) is 0.316. The van der Waals surface area contributed by atoms with Crippen LogP contribution < -0.4 is 0 Å². The standard InChI is InChI=1S/C19H18F2N2O4S/c20-13-3-4-14(21)17(8-13)28-11-18(25)27-10-16(24)12-7-15(22-9-12)19(26)23-5-1-2-6-23/h3-4,7-9,22H,1-2,5-6,10-11H2. The van der Waals surface area contributed by atoms with Crippen molar-refractivity contribution < 1.29 is 27.9 Å². The third-order valence-electron chi connectivity index (χ3n) is 4.23. The number of nitrogens with one attached hydrogen (secondary N) is 1. The van der Waals surface area contributed by atoms with Crippen LogP contribution in [0.25, 0.3) is 0 Å². The molecule has 28 heavy (non-hydrogen) atoms. The molecule has 3 rings (SSSR count). The number of thioether (sulfide) groups is 1. The second kappa shape index (κ2) is 9.01. The van der Waals surface area contributed by atoms with Crippen molar-refractivity contribution in [2.45, 2.75) is 17.7 Å². The van der Waals surface area contributed by atoms with Gasteiger partial charge in [0.25, 0.3) is 5.91 Å². The highest BCUT2D eigenvalue weighted by molar-refractivity contribution is 8.00. The molecule has 0 saturated carbocycles. The maximum Gasteiger partial charge on any atom is 0.316 e. The SMILES string of the molecule is O=C(CSc1cc(F)ccc1F)OCC(=O)c1c[nH]c(C(=O)N2CCCC2)c1. The van der Waals surface area contributed by atoms with Gasteiger partial charge in [0.15, 0.2) is 6.61 Å². The number of carbonyl (C=O) groups is 3. The maximum atomic E-state index is 13.5. The summed E-state index contributed by atoms with van der Waals surface area (Å²) in [6.45, 7) is 0.894. The summed E-state index contributed by atoms with van der Waals surface area (Å²) in [6, 6.07) is 4.38. The molecule has 0 atom stereocenters. The van der Waals surface area contributed by atoms with Crippen LogP contribution >= 0.6 is 11.8 Å². The molecule has 1 saturated heterocycles. The van der Waals surface area contributed by atoms with Gasteiger partial charge >= 0.3 is 5.97 Å². The number of H-pyrrole nitrogens is 1. The van der Waals surface area contributed by atoms with Crippen molar-refractivity contribution >= 4 is 29.4 Å². The third kappa shape index (κ3) is 4.98. The average Bonchev–Trinajstić information content (AvgIpc) is 3.38. The lowest BCUT2D eigenvalue weighted by Gasteiger charge is -2.13. The minimum atomic E-state index is -0.731. The number of aromatic amines is 1. The minimum Gasteiger partial charge on any atom is -0.457 e. The molecule has 1 N–H and O–H groups in total. The first-order chi connectivity index (χ1) is 13.4. The molecule has 148 valence electrons. The molecule has 1 amide bonds. The van der Waals surface area contributed by atoms with Gasteiger partial charge in [0.05, 0.1) is 5.75 Å². The topological polar surface area (TPSA) is 79.5 Å². The van der Waals surface area contributed by atoms with Gasteiger partial charge in [0.1, 0.15) is 17.3 Å². The number of amides is 1. The summed E-state index contributed by atoms with van der Waals surface area (Å²) in [5, 5.41) is 0. The molecule has 6 nitrogen and oxygen atoms in total. The van der Waals surface area contributed by atoms with E-state index in [0.717, 1.165) is 42.8 Å². The molecular formula is C19H18F2N2O4S. The Morgan fingerprint density at radius 1 is 1.14 bits per heavy atom. The van der Waals surface area contributed by atoms with Crippen molar-refractivity contribution in [3.63, 3.8) is 0 Å². The van der Waals surface area contributed by atoms with Crippen LogP contribution in [0.5, 0.6) is 0 Å². The zero-order valence-corrected chi connectivity index (χ0v) is 15.7. The number of hydrogen-bond donors (Lipinski definition) is 1. The highest BCUT2D eigenvalue weighted by atomic mass is 32.2. The predicted octanol–water partition coefficient (Wildman–Crippen LogP) is 3.05. The van der Waals surface area contributed by atoms with E-state index in [-0.39, 0.29) is 22.1 Å². The first-order valence-corrected chi connectivity index (χ1v) is 9.67. The smallest absolute Gasteiger partial charge is 0.316 e. The molecule has 0 unspecified atom stereocenters. The largest absolute Gasteiger partial charge is 0.457 e. The summed E-state index contributed by atoms with van der Waals surface area (Å²) in [5.74, 6) is -2.88. The van der Waals surface area contributed by atoms with E-state index in [9.17, 15) is 23.2 Å². The Morgan fingerprint density at radius 3 is 2.64 bits per heavy atom. The lowest BCUT2D eigenvalue weighted by Crippen LogP contribution is -2.27. The maximum absolute atomic E-state index is 13.5. The Hall–Kier alpha value is -2.68. The van der Waals surface area contributed by atoms with Crippen LogP contribution in [0.1, 0.15) is 33.7 Å². The molecule has 0 aliphatic carbocycles. The summed E-state index contributed by atoms with van der Waals surface area (Å²) in [6.07, 6.45) is 3.33. The van der Waals surface area contributed by atoms with Gasteiger partial charge in [0.2, 0.25) is 5.78 Å². The number of aromatic nitrogens is 1. The highest BCUT2D eigenvalue weighted by Gasteiger charge is 2.22. The number of likely N-dealkylation sites (tertiary alicyclic amines) is 1. The van der Waals surface area contributed by atoms with E-state index in [1.807, 2.05) is 0 Å². The molecule has 1 aromatic carbocycles. The molecule has 1 aliphatic rings. The lowest BCUT2D eigenvalue weighted by molar-refractivity contribution is -0.139. The molecule has 0 radical (unpaired) electrons. The van der Waals surface area contributed by atoms with Crippen LogP contribution in [-0.4, -0.2) is 53.0 Å². The van der Waals surface area contributed by atoms with E-state index in [0.29, 0.717) is 18.8 Å². The van der Waals surface area contributed by atoms with Crippen LogP contribution in [0.2, 0.25) is 0 Å². The normalized spacial score (nSPS) is 13.6. The number of benzene rings is 1. The van der Waals surface area contributed by atoms with Gasteiger partial charge in [-0.15, -0.1) is 11.8 Å². The van der Waals surface area contributed by atoms with Crippen LogP contribution in [-0.2, 0) is 9.53 Å². The van der Waals surface area contributed by atoms with Crippen molar-refractivity contribution in [1.82, 2.24) is 9.88 Å². The fourth-order valence-corrected chi connectivity index (χ4v) is 3.52. The first kappa shape index (κ1) is 20.1. The Labute approximate surface area is 164 Å². The highest BCUT2D eigenvalue weighted by Crippen LogP contribution is 2.22. The molecule has 0 spiro atoms. The summed E-state index contributed by atoms with van der Waals surface area (Å²) in [7, 11) is 0. The summed E-state index contributed by atoms with van der Waals surface area (Å²) in [4.78, 5) is 40.6. The third-order valence-corrected chi connectivity index (χ3v) is 5.24. The minimum absolute atomic E-state index is 0.0148. The van der Waals surface area contributed by atoms with Crippen LogP contribution in [0, 0.1) is 11.6 Å². The number of ether oxygens (including phenoxy) is 1.